The van der Waals surface area contributed by atoms with Gasteiger partial charge in [0.2, 0.25) is 0 Å². The smallest absolute Gasteiger partial charge is 0.126 e. The highest BCUT2D eigenvalue weighted by Gasteiger charge is 2.06. The van der Waals surface area contributed by atoms with E-state index in [0.29, 0.717) is 0 Å². The van der Waals surface area contributed by atoms with Crippen molar-refractivity contribution in [3.05, 3.63) is 53.1 Å². The number of benzene rings is 2. The molecule has 2 N–H and O–H groups in total. The van der Waals surface area contributed by atoms with Crippen LogP contribution in [-0.2, 0) is 0 Å². The summed E-state index contributed by atoms with van der Waals surface area (Å²) in [5.41, 5.74) is 3.17. The molecule has 2 aromatic carbocycles. The normalized spacial score (nSPS) is 10.4. The zero-order valence-corrected chi connectivity index (χ0v) is 15.5. The molecule has 0 atom stereocenters. The number of methoxy groups -OCH3 is 2. The van der Waals surface area contributed by atoms with Crippen molar-refractivity contribution in [1.82, 2.24) is 0 Å². The van der Waals surface area contributed by atoms with Crippen LogP contribution in [0.15, 0.2) is 36.4 Å². The largest absolute Gasteiger partial charge is 0.496 e. The number of hydrogen-bond donors (Lipinski definition) is 0. The van der Waals surface area contributed by atoms with Crippen molar-refractivity contribution in [2.75, 3.05) is 20.8 Å². The molecule has 4 heteroatoms. The van der Waals surface area contributed by atoms with Crippen LogP contribution in [0.4, 0.5) is 0 Å². The Morgan fingerprint density at radius 3 is 1.96 bits per heavy atom. The standard InChI is InChI=1S/C21H26O3.H2O/c1-5-6-13-24-19-11-9-17(10-12-19)7-8-18-14-20(22-3)16(2)21(15-18)23-4;/h7-12,14-15H,5-6,13H2,1-4H3;1H2/b8-7+;. The van der Waals surface area contributed by atoms with E-state index in [0.717, 1.165) is 53.4 Å². The SMILES string of the molecule is CCCCOc1ccc(/C=C/c2cc(OC)c(C)c(OC)c2)cc1.O. The van der Waals surface area contributed by atoms with Crippen LogP contribution in [0, 0.1) is 6.92 Å². The minimum absolute atomic E-state index is 0. The summed E-state index contributed by atoms with van der Waals surface area (Å²) in [5.74, 6) is 2.57. The minimum atomic E-state index is 0. The molecule has 0 saturated heterocycles. The van der Waals surface area contributed by atoms with Gasteiger partial charge in [-0.3, -0.25) is 0 Å². The summed E-state index contributed by atoms with van der Waals surface area (Å²) < 4.78 is 16.5. The van der Waals surface area contributed by atoms with E-state index >= 15 is 0 Å². The first-order valence-electron chi connectivity index (χ1n) is 8.31. The molecule has 2 aromatic rings. The molecule has 0 saturated carbocycles. The maximum absolute atomic E-state index is 5.68. The quantitative estimate of drug-likeness (QED) is 0.522. The zero-order valence-electron chi connectivity index (χ0n) is 15.5. The Bertz CT molecular complexity index is 650. The fourth-order valence-electron chi connectivity index (χ4n) is 2.40. The van der Waals surface area contributed by atoms with Gasteiger partial charge >= 0.3 is 0 Å². The summed E-state index contributed by atoms with van der Waals surface area (Å²) in [4.78, 5) is 0. The monoisotopic (exact) mass is 344 g/mol. The fraction of sp³-hybridized carbons (Fsp3) is 0.333. The van der Waals surface area contributed by atoms with Gasteiger partial charge in [-0.05, 0) is 48.7 Å². The first-order chi connectivity index (χ1) is 11.7. The van der Waals surface area contributed by atoms with Gasteiger partial charge in [0.05, 0.1) is 20.8 Å². The summed E-state index contributed by atoms with van der Waals surface area (Å²) in [6.45, 7) is 4.92. The third-order valence-electron chi connectivity index (χ3n) is 3.89. The van der Waals surface area contributed by atoms with Crippen LogP contribution in [0.1, 0.15) is 36.5 Å². The lowest BCUT2D eigenvalue weighted by atomic mass is 10.1. The van der Waals surface area contributed by atoms with E-state index in [2.05, 4.69) is 31.2 Å². The van der Waals surface area contributed by atoms with Crippen molar-refractivity contribution in [3.63, 3.8) is 0 Å². The molecule has 0 fully saturated rings. The van der Waals surface area contributed by atoms with Crippen LogP contribution in [0.3, 0.4) is 0 Å². The summed E-state index contributed by atoms with van der Waals surface area (Å²) in [6, 6.07) is 12.1. The third kappa shape index (κ3) is 5.84. The first kappa shape index (κ1) is 20.6. The van der Waals surface area contributed by atoms with E-state index < -0.39 is 0 Å². The Morgan fingerprint density at radius 1 is 0.880 bits per heavy atom. The molecule has 0 heterocycles. The number of rotatable bonds is 8. The van der Waals surface area contributed by atoms with Crippen LogP contribution in [0.2, 0.25) is 0 Å². The lowest BCUT2D eigenvalue weighted by Gasteiger charge is -2.11. The second-order valence-corrected chi connectivity index (χ2v) is 5.65. The zero-order chi connectivity index (χ0) is 17.4. The minimum Gasteiger partial charge on any atom is -0.496 e. The third-order valence-corrected chi connectivity index (χ3v) is 3.89. The molecule has 25 heavy (non-hydrogen) atoms. The Kier molecular flexibility index (Phi) is 8.57. The molecule has 0 aliphatic carbocycles. The van der Waals surface area contributed by atoms with Gasteiger partial charge in [-0.15, -0.1) is 0 Å². The summed E-state index contributed by atoms with van der Waals surface area (Å²) >= 11 is 0. The van der Waals surface area contributed by atoms with Gasteiger partial charge in [0.25, 0.3) is 0 Å². The Morgan fingerprint density at radius 2 is 1.44 bits per heavy atom. The van der Waals surface area contributed by atoms with Crippen molar-refractivity contribution >= 4 is 12.2 Å². The molecule has 2 rings (SSSR count). The van der Waals surface area contributed by atoms with E-state index in [1.54, 1.807) is 14.2 Å². The van der Waals surface area contributed by atoms with Crippen molar-refractivity contribution in [2.45, 2.75) is 26.7 Å². The molecule has 0 unspecified atom stereocenters. The van der Waals surface area contributed by atoms with Crippen LogP contribution >= 0.6 is 0 Å². The topological polar surface area (TPSA) is 59.2 Å². The molecule has 0 amide bonds. The summed E-state index contributed by atoms with van der Waals surface area (Å²) in [5, 5.41) is 0. The van der Waals surface area contributed by atoms with Crippen LogP contribution in [0.25, 0.3) is 12.2 Å². The molecule has 136 valence electrons. The second kappa shape index (κ2) is 10.4. The lowest BCUT2D eigenvalue weighted by Crippen LogP contribution is -1.95. The second-order valence-electron chi connectivity index (χ2n) is 5.65. The average Bonchev–Trinajstić information content (AvgIpc) is 2.62. The van der Waals surface area contributed by atoms with Crippen molar-refractivity contribution in [1.29, 1.82) is 0 Å². The molecule has 4 nitrogen and oxygen atoms in total. The van der Waals surface area contributed by atoms with E-state index in [1.165, 1.54) is 0 Å². The molecule has 0 aliphatic rings. The molecule has 0 radical (unpaired) electrons. The van der Waals surface area contributed by atoms with E-state index in [-0.39, 0.29) is 5.48 Å². The predicted molar refractivity (Wildman–Crippen MR) is 104 cm³/mol. The van der Waals surface area contributed by atoms with Gasteiger partial charge in [-0.1, -0.05) is 37.6 Å². The number of unbranched alkanes of at least 4 members (excludes halogenated alkanes) is 1. The summed E-state index contributed by atoms with van der Waals surface area (Å²) in [7, 11) is 3.35. The van der Waals surface area contributed by atoms with E-state index in [4.69, 9.17) is 14.2 Å². The van der Waals surface area contributed by atoms with Gasteiger partial charge in [-0.25, -0.2) is 0 Å². The summed E-state index contributed by atoms with van der Waals surface area (Å²) in [6.07, 6.45) is 6.35. The highest BCUT2D eigenvalue weighted by molar-refractivity contribution is 5.72. The van der Waals surface area contributed by atoms with Crippen LogP contribution in [-0.4, -0.2) is 26.3 Å². The molecular weight excluding hydrogens is 316 g/mol. The van der Waals surface area contributed by atoms with Crippen molar-refractivity contribution in [2.24, 2.45) is 0 Å². The molecule has 0 bridgehead atoms. The molecule has 0 aromatic heterocycles. The fourth-order valence-corrected chi connectivity index (χ4v) is 2.40. The Labute approximate surface area is 150 Å². The molecule has 0 aliphatic heterocycles. The number of ether oxygens (including phenoxy) is 3. The molecular formula is C21H28O4. The van der Waals surface area contributed by atoms with Gasteiger partial charge in [0.15, 0.2) is 0 Å². The van der Waals surface area contributed by atoms with E-state index in [9.17, 15) is 0 Å². The maximum Gasteiger partial charge on any atom is 0.126 e. The Balaban J connectivity index is 0.00000312. The van der Waals surface area contributed by atoms with E-state index in [1.807, 2.05) is 31.2 Å². The van der Waals surface area contributed by atoms with Crippen LogP contribution in [0.5, 0.6) is 17.2 Å². The van der Waals surface area contributed by atoms with Gasteiger partial charge in [0, 0.05) is 5.56 Å². The van der Waals surface area contributed by atoms with Gasteiger partial charge < -0.3 is 19.7 Å². The van der Waals surface area contributed by atoms with Crippen molar-refractivity contribution < 1.29 is 19.7 Å². The lowest BCUT2D eigenvalue weighted by molar-refractivity contribution is 0.309. The van der Waals surface area contributed by atoms with Crippen molar-refractivity contribution in [3.8, 4) is 17.2 Å². The maximum atomic E-state index is 5.68. The Hall–Kier alpha value is -2.46. The average molecular weight is 344 g/mol. The molecule has 0 spiro atoms. The first-order valence-corrected chi connectivity index (χ1v) is 8.31. The van der Waals surface area contributed by atoms with Crippen LogP contribution < -0.4 is 14.2 Å². The highest BCUT2D eigenvalue weighted by Crippen LogP contribution is 2.30. The van der Waals surface area contributed by atoms with Gasteiger partial charge in [0.1, 0.15) is 17.2 Å². The number of hydrogen-bond acceptors (Lipinski definition) is 3. The highest BCUT2D eigenvalue weighted by atomic mass is 16.5. The predicted octanol–water partition coefficient (Wildman–Crippen LogP) is 4.54. The van der Waals surface area contributed by atoms with Gasteiger partial charge in [-0.2, -0.15) is 0 Å².